The summed E-state index contributed by atoms with van der Waals surface area (Å²) in [5.74, 6) is 0. The van der Waals surface area contributed by atoms with Gasteiger partial charge in [-0.15, -0.1) is 0 Å². The minimum absolute atomic E-state index is 0.582. The molecule has 1 aromatic heterocycles. The first kappa shape index (κ1) is 53.7. The molecule has 5 heteroatoms. The molecule has 14 aromatic carbocycles. The number of aromatic nitrogens is 1. The third-order valence-electron chi connectivity index (χ3n) is 18.8. The summed E-state index contributed by atoms with van der Waals surface area (Å²) in [4.78, 5) is 4.83. The van der Waals surface area contributed by atoms with Crippen LogP contribution in [0.25, 0.3) is 94.3 Å². The van der Waals surface area contributed by atoms with Crippen LogP contribution in [0.15, 0.2) is 334 Å². The summed E-state index contributed by atoms with van der Waals surface area (Å²) in [6.45, 7) is 0. The van der Waals surface area contributed by atoms with Gasteiger partial charge in [0.2, 0.25) is 0 Å². The van der Waals surface area contributed by atoms with E-state index in [1.54, 1.807) is 0 Å². The van der Waals surface area contributed by atoms with Crippen molar-refractivity contribution in [2.24, 2.45) is 0 Å². The molecule has 0 atom stereocenters. The monoisotopic (exact) mass is 1170 g/mol. The van der Waals surface area contributed by atoms with Crippen LogP contribution in [0, 0.1) is 22.7 Å². The van der Waals surface area contributed by atoms with Crippen molar-refractivity contribution < 1.29 is 0 Å². The lowest BCUT2D eigenvalue weighted by Gasteiger charge is -2.34. The first-order valence-corrected chi connectivity index (χ1v) is 31.2. The van der Waals surface area contributed by atoms with E-state index in [1.165, 1.54) is 22.3 Å². The topological polar surface area (TPSA) is 59.0 Å². The molecule has 0 aliphatic heterocycles. The first-order valence-electron chi connectivity index (χ1n) is 31.2. The standard InChI is InChI=1S/C87H55N5/c88-56-58-38-42-69(43-39-58)90(72-50-64(60-22-6-1-7-23-60)48-65(51-72)61-24-8-2-9-25-61)71-46-47-76-80(54-71)87(78-35-19-16-32-74(78)75-33-17-20-36-79(75)87)81-55-83(85-77-34-18-21-37-82(77)92(86(85)84(76)81)68-30-14-5-15-31-68)91(70-44-40-59(57-89)41-45-70)73-52-66(62-26-10-3-11-27-62)49-67(53-73)63-28-12-4-13-29-63/h1-55H. The number of hydrogen-bond donors (Lipinski definition) is 0. The molecule has 0 fully saturated rings. The molecule has 92 heavy (non-hydrogen) atoms. The van der Waals surface area contributed by atoms with Crippen LogP contribution in [0.4, 0.5) is 34.1 Å². The zero-order valence-electron chi connectivity index (χ0n) is 50.0. The zero-order valence-corrected chi connectivity index (χ0v) is 50.0. The molecular weight excluding hydrogens is 1110 g/mol. The summed E-state index contributed by atoms with van der Waals surface area (Å²) in [6.07, 6.45) is 0. The summed E-state index contributed by atoms with van der Waals surface area (Å²) in [5.41, 5.74) is 27.4. The highest BCUT2D eigenvalue weighted by Crippen LogP contribution is 2.66. The second-order valence-corrected chi connectivity index (χ2v) is 23.8. The Kier molecular flexibility index (Phi) is 12.8. The molecule has 17 rings (SSSR count). The molecule has 0 N–H and O–H groups in total. The lowest BCUT2D eigenvalue weighted by Crippen LogP contribution is -2.26. The fourth-order valence-corrected chi connectivity index (χ4v) is 14.8. The highest BCUT2D eigenvalue weighted by atomic mass is 15.2. The minimum atomic E-state index is -0.871. The maximum absolute atomic E-state index is 10.4. The van der Waals surface area contributed by atoms with Crippen LogP contribution >= 0.6 is 0 Å². The first-order chi connectivity index (χ1) is 45.5. The van der Waals surface area contributed by atoms with E-state index in [-0.39, 0.29) is 0 Å². The van der Waals surface area contributed by atoms with E-state index in [0.717, 1.165) is 128 Å². The Bertz CT molecular complexity index is 5290. The Hall–Kier alpha value is -12.5. The largest absolute Gasteiger partial charge is 0.310 e. The number of nitriles is 2. The molecule has 428 valence electrons. The average Bonchev–Trinajstić information content (AvgIpc) is 1.49. The number of rotatable bonds is 11. The molecule has 1 heterocycles. The van der Waals surface area contributed by atoms with Gasteiger partial charge in [0.25, 0.3) is 0 Å². The summed E-state index contributed by atoms with van der Waals surface area (Å²) in [5, 5.41) is 22.9. The molecule has 5 nitrogen and oxygen atoms in total. The smallest absolute Gasteiger partial charge is 0.0991 e. The van der Waals surface area contributed by atoms with Gasteiger partial charge in [0.1, 0.15) is 0 Å². The highest BCUT2D eigenvalue weighted by Gasteiger charge is 2.53. The fraction of sp³-hybridized carbons (Fsp3) is 0.0115. The van der Waals surface area contributed by atoms with Gasteiger partial charge in [0.05, 0.1) is 45.4 Å². The van der Waals surface area contributed by atoms with E-state index in [1.807, 2.05) is 24.3 Å². The normalized spacial score (nSPS) is 12.2. The van der Waals surface area contributed by atoms with Crippen LogP contribution in [-0.4, -0.2) is 4.57 Å². The van der Waals surface area contributed by atoms with Crippen molar-refractivity contribution in [1.29, 1.82) is 10.5 Å². The molecule has 0 saturated heterocycles. The van der Waals surface area contributed by atoms with Crippen LogP contribution < -0.4 is 9.80 Å². The Morgan fingerprint density at radius 1 is 0.293 bits per heavy atom. The van der Waals surface area contributed by atoms with Gasteiger partial charge < -0.3 is 14.4 Å². The molecule has 0 bridgehead atoms. The molecule has 2 aliphatic rings. The van der Waals surface area contributed by atoms with Crippen molar-refractivity contribution in [2.45, 2.75) is 5.41 Å². The predicted octanol–water partition coefficient (Wildman–Crippen LogP) is 22.5. The van der Waals surface area contributed by atoms with Crippen LogP contribution in [0.3, 0.4) is 0 Å². The summed E-state index contributed by atoms with van der Waals surface area (Å²) >= 11 is 0. The molecular formula is C87H55N5. The summed E-state index contributed by atoms with van der Waals surface area (Å²) in [6, 6.07) is 125. The molecule has 0 radical (unpaired) electrons. The summed E-state index contributed by atoms with van der Waals surface area (Å²) in [7, 11) is 0. The second kappa shape index (κ2) is 21.9. The Morgan fingerprint density at radius 2 is 0.707 bits per heavy atom. The maximum Gasteiger partial charge on any atom is 0.0991 e. The quantitative estimate of drug-likeness (QED) is 0.129. The Labute approximate surface area is 534 Å². The van der Waals surface area contributed by atoms with Crippen molar-refractivity contribution in [3.05, 3.63) is 367 Å². The SMILES string of the molecule is N#Cc1ccc(N(c2cc(-c3ccccc3)cc(-c3ccccc3)c2)c2ccc3c(c2)C2(c4ccccc4-c4ccccc42)c2cc(N(c4ccc(C#N)cc4)c4cc(-c5ccccc5)cc(-c5ccccc5)c4)c4c5ccccc5n(-c5ccccc5)c4c2-3)cc1. The minimum Gasteiger partial charge on any atom is -0.310 e. The van der Waals surface area contributed by atoms with Gasteiger partial charge in [-0.25, -0.2) is 0 Å². The Morgan fingerprint density at radius 3 is 1.20 bits per heavy atom. The van der Waals surface area contributed by atoms with Crippen LogP contribution in [0.5, 0.6) is 0 Å². The van der Waals surface area contributed by atoms with E-state index < -0.39 is 5.41 Å². The number of hydrogen-bond acceptors (Lipinski definition) is 4. The predicted molar refractivity (Wildman–Crippen MR) is 378 cm³/mol. The number of fused-ring (bicyclic) bond motifs is 14. The van der Waals surface area contributed by atoms with Gasteiger partial charge in [-0.05, 0) is 205 Å². The van der Waals surface area contributed by atoms with Crippen LogP contribution in [0.2, 0.25) is 0 Å². The van der Waals surface area contributed by atoms with Crippen molar-refractivity contribution in [3.63, 3.8) is 0 Å². The van der Waals surface area contributed by atoms with Gasteiger partial charge in [-0.1, -0.05) is 212 Å². The fourth-order valence-electron chi connectivity index (χ4n) is 14.8. The van der Waals surface area contributed by atoms with E-state index in [9.17, 15) is 10.5 Å². The van der Waals surface area contributed by atoms with Crippen molar-refractivity contribution in [1.82, 2.24) is 4.57 Å². The third-order valence-corrected chi connectivity index (χ3v) is 18.8. The second-order valence-electron chi connectivity index (χ2n) is 23.8. The van der Waals surface area contributed by atoms with Crippen molar-refractivity contribution in [3.8, 4) is 84.6 Å². The molecule has 2 aliphatic carbocycles. The van der Waals surface area contributed by atoms with E-state index in [0.29, 0.717) is 11.1 Å². The Balaban J connectivity index is 1.02. The molecule has 1 spiro atoms. The van der Waals surface area contributed by atoms with Gasteiger partial charge in [0.15, 0.2) is 0 Å². The number of benzene rings is 14. The van der Waals surface area contributed by atoms with Gasteiger partial charge in [-0.2, -0.15) is 10.5 Å². The number of para-hydroxylation sites is 2. The van der Waals surface area contributed by atoms with E-state index in [2.05, 4.69) is 336 Å². The zero-order chi connectivity index (χ0) is 61.3. The highest BCUT2D eigenvalue weighted by molar-refractivity contribution is 6.23. The number of nitrogens with zero attached hydrogens (tertiary/aromatic N) is 5. The molecule has 0 unspecified atom stereocenters. The number of anilines is 6. The average molecular weight is 1170 g/mol. The molecule has 15 aromatic rings. The lowest BCUT2D eigenvalue weighted by molar-refractivity contribution is 0.794. The molecule has 0 amide bonds. The van der Waals surface area contributed by atoms with Crippen molar-refractivity contribution in [2.75, 3.05) is 9.80 Å². The van der Waals surface area contributed by atoms with Gasteiger partial charge in [0, 0.05) is 50.5 Å². The van der Waals surface area contributed by atoms with Crippen molar-refractivity contribution >= 4 is 55.9 Å². The third kappa shape index (κ3) is 8.60. The van der Waals surface area contributed by atoms with Crippen LogP contribution in [-0.2, 0) is 5.41 Å². The van der Waals surface area contributed by atoms with Gasteiger partial charge >= 0.3 is 0 Å². The lowest BCUT2D eigenvalue weighted by atomic mass is 9.70. The van der Waals surface area contributed by atoms with Crippen LogP contribution in [0.1, 0.15) is 33.4 Å². The van der Waals surface area contributed by atoms with E-state index in [4.69, 9.17) is 0 Å². The summed E-state index contributed by atoms with van der Waals surface area (Å²) < 4.78 is 2.51. The van der Waals surface area contributed by atoms with Gasteiger partial charge in [-0.3, -0.25) is 0 Å². The maximum atomic E-state index is 10.4. The molecule has 0 saturated carbocycles. The van der Waals surface area contributed by atoms with E-state index >= 15 is 0 Å².